The number of aromatic nitrogens is 2. The Balaban J connectivity index is 2.10. The first-order valence-corrected chi connectivity index (χ1v) is 7.35. The van der Waals surface area contributed by atoms with Crippen LogP contribution < -0.4 is 14.5 Å². The molecule has 0 saturated carbocycles. The van der Waals surface area contributed by atoms with Crippen LogP contribution in [0.1, 0.15) is 20.8 Å². The smallest absolute Gasteiger partial charge is 0.248 e. The van der Waals surface area contributed by atoms with Crippen molar-refractivity contribution in [3.63, 3.8) is 0 Å². The maximum atomic E-state index is 12.1. The van der Waals surface area contributed by atoms with E-state index in [9.17, 15) is 4.79 Å². The molecule has 0 aliphatic carbocycles. The SMILES string of the molecule is CCN(CC)c1ncc2c(n1)Oc1ccccc1N2C(C)=O. The van der Waals surface area contributed by atoms with E-state index in [1.165, 1.54) is 6.92 Å². The quantitative estimate of drug-likeness (QED) is 0.871. The van der Waals surface area contributed by atoms with E-state index < -0.39 is 0 Å². The molecule has 114 valence electrons. The highest BCUT2D eigenvalue weighted by Gasteiger charge is 2.29. The first kappa shape index (κ1) is 14.3. The molecule has 1 aromatic carbocycles. The van der Waals surface area contributed by atoms with Gasteiger partial charge in [-0.05, 0) is 26.0 Å². The molecule has 0 saturated heterocycles. The van der Waals surface area contributed by atoms with Crippen LogP contribution in [0.5, 0.6) is 11.6 Å². The zero-order valence-electron chi connectivity index (χ0n) is 12.9. The lowest BCUT2D eigenvalue weighted by atomic mass is 10.2. The lowest BCUT2D eigenvalue weighted by Gasteiger charge is -2.30. The molecule has 6 heteroatoms. The van der Waals surface area contributed by atoms with Crippen molar-refractivity contribution in [1.29, 1.82) is 0 Å². The van der Waals surface area contributed by atoms with Crippen molar-refractivity contribution >= 4 is 23.2 Å². The molecule has 1 amide bonds. The van der Waals surface area contributed by atoms with Crippen LogP contribution in [0, 0.1) is 0 Å². The summed E-state index contributed by atoms with van der Waals surface area (Å²) in [7, 11) is 0. The molecular formula is C16H18N4O2. The van der Waals surface area contributed by atoms with Crippen LogP contribution in [-0.2, 0) is 4.79 Å². The minimum absolute atomic E-state index is 0.101. The number of anilines is 3. The van der Waals surface area contributed by atoms with Gasteiger partial charge in [0.05, 0.1) is 11.9 Å². The Hall–Kier alpha value is -2.63. The van der Waals surface area contributed by atoms with Crippen LogP contribution >= 0.6 is 0 Å². The fourth-order valence-corrected chi connectivity index (χ4v) is 2.54. The fourth-order valence-electron chi connectivity index (χ4n) is 2.54. The standard InChI is InChI=1S/C16H18N4O2/c1-4-19(5-2)16-17-10-13-15(18-16)22-14-9-7-6-8-12(14)20(13)11(3)21/h6-10H,4-5H2,1-3H3. The molecule has 0 spiro atoms. The highest BCUT2D eigenvalue weighted by molar-refractivity contribution is 6.02. The number of rotatable bonds is 3. The van der Waals surface area contributed by atoms with Crippen LogP contribution in [0.4, 0.5) is 17.3 Å². The lowest BCUT2D eigenvalue weighted by Crippen LogP contribution is -2.28. The van der Waals surface area contributed by atoms with Crippen molar-refractivity contribution in [2.24, 2.45) is 0 Å². The highest BCUT2D eigenvalue weighted by atomic mass is 16.5. The Morgan fingerprint density at radius 2 is 1.95 bits per heavy atom. The number of nitrogens with zero attached hydrogens (tertiary/aromatic N) is 4. The molecule has 6 nitrogen and oxygen atoms in total. The van der Waals surface area contributed by atoms with Crippen LogP contribution in [0.2, 0.25) is 0 Å². The Labute approximate surface area is 129 Å². The largest absolute Gasteiger partial charge is 0.435 e. The zero-order chi connectivity index (χ0) is 15.7. The number of fused-ring (bicyclic) bond motifs is 2. The van der Waals surface area contributed by atoms with Gasteiger partial charge in [0.25, 0.3) is 0 Å². The van der Waals surface area contributed by atoms with Gasteiger partial charge in [-0.3, -0.25) is 9.69 Å². The Bertz CT molecular complexity index is 713. The van der Waals surface area contributed by atoms with Crippen LogP contribution in [0.3, 0.4) is 0 Å². The first-order chi connectivity index (χ1) is 10.7. The summed E-state index contributed by atoms with van der Waals surface area (Å²) in [5.41, 5.74) is 1.28. The van der Waals surface area contributed by atoms with Gasteiger partial charge in [0.2, 0.25) is 17.7 Å². The molecule has 3 rings (SSSR count). The van der Waals surface area contributed by atoms with Gasteiger partial charge in [0.1, 0.15) is 5.69 Å². The van der Waals surface area contributed by atoms with Crippen molar-refractivity contribution in [2.75, 3.05) is 22.9 Å². The average molecular weight is 298 g/mol. The van der Waals surface area contributed by atoms with Gasteiger partial charge >= 0.3 is 0 Å². The third kappa shape index (κ3) is 2.26. The maximum Gasteiger partial charge on any atom is 0.248 e. The molecule has 1 aliphatic rings. The number of para-hydroxylation sites is 2. The number of carbonyl (C=O) groups is 1. The van der Waals surface area contributed by atoms with Gasteiger partial charge in [0, 0.05) is 20.0 Å². The fraction of sp³-hybridized carbons (Fsp3) is 0.312. The summed E-state index contributed by atoms with van der Waals surface area (Å²) >= 11 is 0. The molecule has 0 fully saturated rings. The molecule has 1 aromatic heterocycles. The van der Waals surface area contributed by atoms with E-state index in [2.05, 4.69) is 9.97 Å². The van der Waals surface area contributed by atoms with Crippen molar-refractivity contribution in [1.82, 2.24) is 9.97 Å². The Morgan fingerprint density at radius 1 is 1.23 bits per heavy atom. The molecule has 0 bridgehead atoms. The van der Waals surface area contributed by atoms with E-state index in [1.807, 2.05) is 43.0 Å². The topological polar surface area (TPSA) is 58.6 Å². The lowest BCUT2D eigenvalue weighted by molar-refractivity contribution is -0.115. The summed E-state index contributed by atoms with van der Waals surface area (Å²) in [5.74, 6) is 1.53. The monoisotopic (exact) mass is 298 g/mol. The van der Waals surface area contributed by atoms with E-state index in [4.69, 9.17) is 4.74 Å². The van der Waals surface area contributed by atoms with Crippen LogP contribution in [0.25, 0.3) is 0 Å². The van der Waals surface area contributed by atoms with Crippen molar-refractivity contribution < 1.29 is 9.53 Å². The number of ether oxygens (including phenoxy) is 1. The third-order valence-corrected chi connectivity index (χ3v) is 3.64. The van der Waals surface area contributed by atoms with Crippen LogP contribution in [-0.4, -0.2) is 29.0 Å². The molecule has 2 heterocycles. The van der Waals surface area contributed by atoms with Crippen molar-refractivity contribution in [3.05, 3.63) is 30.5 Å². The second-order valence-corrected chi connectivity index (χ2v) is 4.96. The molecule has 0 atom stereocenters. The van der Waals surface area contributed by atoms with Crippen LogP contribution in [0.15, 0.2) is 30.5 Å². The number of hydrogen-bond acceptors (Lipinski definition) is 5. The van der Waals surface area contributed by atoms with E-state index in [0.29, 0.717) is 29.0 Å². The van der Waals surface area contributed by atoms with Gasteiger partial charge in [-0.15, -0.1) is 0 Å². The summed E-state index contributed by atoms with van der Waals surface area (Å²) in [6.07, 6.45) is 1.65. The van der Waals surface area contributed by atoms with Crippen molar-refractivity contribution in [3.8, 4) is 11.6 Å². The van der Waals surface area contributed by atoms with Gasteiger partial charge in [-0.25, -0.2) is 4.98 Å². The molecule has 0 N–H and O–H groups in total. The third-order valence-electron chi connectivity index (χ3n) is 3.64. The molecule has 22 heavy (non-hydrogen) atoms. The minimum atomic E-state index is -0.101. The molecule has 0 unspecified atom stereocenters. The predicted molar refractivity (Wildman–Crippen MR) is 84.9 cm³/mol. The van der Waals surface area contributed by atoms with Gasteiger partial charge in [-0.1, -0.05) is 12.1 Å². The Kier molecular flexibility index (Phi) is 3.66. The normalized spacial score (nSPS) is 12.2. The molecule has 2 aromatic rings. The van der Waals surface area contributed by atoms with Crippen molar-refractivity contribution in [2.45, 2.75) is 20.8 Å². The maximum absolute atomic E-state index is 12.1. The van der Waals surface area contributed by atoms with E-state index in [0.717, 1.165) is 13.1 Å². The number of benzene rings is 1. The van der Waals surface area contributed by atoms with Gasteiger partial charge < -0.3 is 9.64 Å². The number of carbonyl (C=O) groups excluding carboxylic acids is 1. The van der Waals surface area contributed by atoms with E-state index in [-0.39, 0.29) is 5.91 Å². The van der Waals surface area contributed by atoms with Gasteiger partial charge in [0.15, 0.2) is 5.75 Å². The van der Waals surface area contributed by atoms with E-state index in [1.54, 1.807) is 11.1 Å². The second-order valence-electron chi connectivity index (χ2n) is 4.96. The summed E-state index contributed by atoms with van der Waals surface area (Å²) in [6, 6.07) is 7.41. The Morgan fingerprint density at radius 3 is 2.64 bits per heavy atom. The second kappa shape index (κ2) is 5.63. The number of amides is 1. The highest BCUT2D eigenvalue weighted by Crippen LogP contribution is 2.45. The average Bonchev–Trinajstić information content (AvgIpc) is 2.53. The summed E-state index contributed by atoms with van der Waals surface area (Å²) in [6.45, 7) is 7.23. The summed E-state index contributed by atoms with van der Waals surface area (Å²) in [4.78, 5) is 24.5. The first-order valence-electron chi connectivity index (χ1n) is 7.35. The van der Waals surface area contributed by atoms with Gasteiger partial charge in [-0.2, -0.15) is 4.98 Å². The summed E-state index contributed by atoms with van der Waals surface area (Å²) in [5, 5.41) is 0. The summed E-state index contributed by atoms with van der Waals surface area (Å²) < 4.78 is 5.87. The minimum Gasteiger partial charge on any atom is -0.435 e. The predicted octanol–water partition coefficient (Wildman–Crippen LogP) is 3.11. The molecule has 0 radical (unpaired) electrons. The van der Waals surface area contributed by atoms with E-state index >= 15 is 0 Å². The molecular weight excluding hydrogens is 280 g/mol. The molecule has 1 aliphatic heterocycles. The number of hydrogen-bond donors (Lipinski definition) is 0. The zero-order valence-corrected chi connectivity index (χ0v) is 12.9.